The Bertz CT molecular complexity index is 786. The zero-order valence-electron chi connectivity index (χ0n) is 12.1. The van der Waals surface area contributed by atoms with Gasteiger partial charge >= 0.3 is 6.03 Å². The monoisotopic (exact) mass is 316 g/mol. The lowest BCUT2D eigenvalue weighted by molar-refractivity contribution is 0.231. The predicted molar refractivity (Wildman–Crippen MR) is 82.8 cm³/mol. The molecule has 1 fully saturated rings. The molecule has 2 aromatic carbocycles. The van der Waals surface area contributed by atoms with Crippen LogP contribution >= 0.6 is 0 Å². The highest BCUT2D eigenvalue weighted by Gasteiger charge is 2.41. The first kappa shape index (κ1) is 14.6. The molecule has 0 bridgehead atoms. The maximum absolute atomic E-state index is 12.8. The number of benzene rings is 2. The van der Waals surface area contributed by atoms with E-state index in [1.165, 1.54) is 12.1 Å². The fraction of sp³-hybridized carbons (Fsp3) is 0.188. The highest BCUT2D eigenvalue weighted by molar-refractivity contribution is 7.89. The van der Waals surface area contributed by atoms with E-state index in [0.29, 0.717) is 0 Å². The van der Waals surface area contributed by atoms with E-state index >= 15 is 0 Å². The summed E-state index contributed by atoms with van der Waals surface area (Å²) in [6.45, 7) is 2.15. The average molecular weight is 316 g/mol. The minimum absolute atomic E-state index is 0.121. The zero-order valence-corrected chi connectivity index (χ0v) is 12.9. The maximum atomic E-state index is 12.8. The Labute approximate surface area is 129 Å². The molecule has 2 aromatic rings. The van der Waals surface area contributed by atoms with Crippen LogP contribution in [0, 0.1) is 6.92 Å². The highest BCUT2D eigenvalue weighted by Crippen LogP contribution is 2.30. The summed E-state index contributed by atoms with van der Waals surface area (Å²) in [4.78, 5) is 12.2. The molecule has 1 aliphatic heterocycles. The number of rotatable bonds is 3. The largest absolute Gasteiger partial charge is 0.335 e. The van der Waals surface area contributed by atoms with Crippen molar-refractivity contribution in [2.24, 2.45) is 0 Å². The molecule has 6 heteroatoms. The molecule has 0 saturated carbocycles. The van der Waals surface area contributed by atoms with Crippen molar-refractivity contribution < 1.29 is 13.2 Å². The third-order valence-electron chi connectivity index (χ3n) is 3.69. The second kappa shape index (κ2) is 5.46. The molecule has 1 saturated heterocycles. The van der Waals surface area contributed by atoms with E-state index in [4.69, 9.17) is 0 Å². The van der Waals surface area contributed by atoms with Gasteiger partial charge in [0.15, 0.2) is 0 Å². The van der Waals surface area contributed by atoms with Crippen LogP contribution < -0.4 is 5.32 Å². The van der Waals surface area contributed by atoms with Crippen LogP contribution in [0.4, 0.5) is 4.79 Å². The van der Waals surface area contributed by atoms with E-state index < -0.39 is 22.1 Å². The lowest BCUT2D eigenvalue weighted by Crippen LogP contribution is -2.35. The van der Waals surface area contributed by atoms with Gasteiger partial charge in [0, 0.05) is 6.54 Å². The molecule has 1 unspecified atom stereocenters. The lowest BCUT2D eigenvalue weighted by Gasteiger charge is -2.23. The molecule has 3 rings (SSSR count). The summed E-state index contributed by atoms with van der Waals surface area (Å²) in [5.41, 5.74) is 1.75. The summed E-state index contributed by atoms with van der Waals surface area (Å²) < 4.78 is 26.5. The molecule has 1 atom stereocenters. The van der Waals surface area contributed by atoms with Crippen molar-refractivity contribution in [2.75, 3.05) is 6.54 Å². The fourth-order valence-electron chi connectivity index (χ4n) is 2.52. The molecule has 1 aliphatic rings. The molecular weight excluding hydrogens is 300 g/mol. The third-order valence-corrected chi connectivity index (χ3v) is 5.50. The number of carbonyl (C=O) groups is 1. The van der Waals surface area contributed by atoms with Crippen molar-refractivity contribution in [1.29, 1.82) is 0 Å². The van der Waals surface area contributed by atoms with Crippen molar-refractivity contribution in [3.63, 3.8) is 0 Å². The first-order valence-electron chi connectivity index (χ1n) is 6.94. The molecule has 1 heterocycles. The normalized spacial score (nSPS) is 18.3. The van der Waals surface area contributed by atoms with E-state index in [1.807, 2.05) is 37.3 Å². The van der Waals surface area contributed by atoms with Crippen LogP contribution in [0.25, 0.3) is 0 Å². The van der Waals surface area contributed by atoms with Crippen LogP contribution in [0.2, 0.25) is 0 Å². The number of sulfonamides is 1. The van der Waals surface area contributed by atoms with E-state index in [2.05, 4.69) is 5.32 Å². The topological polar surface area (TPSA) is 66.5 Å². The van der Waals surface area contributed by atoms with E-state index in [-0.39, 0.29) is 11.4 Å². The molecular formula is C16H16N2O3S. The molecule has 5 nitrogen and oxygen atoms in total. The minimum atomic E-state index is -3.88. The summed E-state index contributed by atoms with van der Waals surface area (Å²) in [5, 5.41) is 2.61. The number of carbonyl (C=O) groups excluding carboxylic acids is 1. The number of nitrogens with one attached hydrogen (secondary N) is 1. The molecule has 0 aromatic heterocycles. The van der Waals surface area contributed by atoms with Gasteiger partial charge in [-0.15, -0.1) is 0 Å². The molecule has 2 amide bonds. The first-order valence-corrected chi connectivity index (χ1v) is 8.38. The number of hydrogen-bond acceptors (Lipinski definition) is 3. The van der Waals surface area contributed by atoms with Gasteiger partial charge in [0.2, 0.25) is 0 Å². The van der Waals surface area contributed by atoms with E-state index in [0.717, 1.165) is 15.4 Å². The van der Waals surface area contributed by atoms with Crippen molar-refractivity contribution in [3.8, 4) is 0 Å². The predicted octanol–water partition coefficient (Wildman–Crippen LogP) is 2.45. The lowest BCUT2D eigenvalue weighted by atomic mass is 10.1. The molecule has 0 aliphatic carbocycles. The molecule has 0 radical (unpaired) electrons. The summed E-state index contributed by atoms with van der Waals surface area (Å²) in [7, 11) is -3.88. The Balaban J connectivity index is 2.03. The highest BCUT2D eigenvalue weighted by atomic mass is 32.2. The molecule has 22 heavy (non-hydrogen) atoms. The van der Waals surface area contributed by atoms with Crippen LogP contribution in [-0.2, 0) is 10.0 Å². The Morgan fingerprint density at radius 2 is 1.68 bits per heavy atom. The minimum Gasteiger partial charge on any atom is -0.335 e. The van der Waals surface area contributed by atoms with Gasteiger partial charge in [-0.2, -0.15) is 0 Å². The summed E-state index contributed by atoms with van der Waals surface area (Å²) >= 11 is 0. The smallest absolute Gasteiger partial charge is 0.332 e. The van der Waals surface area contributed by atoms with E-state index in [1.54, 1.807) is 12.1 Å². The van der Waals surface area contributed by atoms with Crippen LogP contribution in [0.3, 0.4) is 0 Å². The SMILES string of the molecule is Cc1ccc(S(=O)(=O)N2C(=O)NCC2c2ccccc2)cc1. The number of urea groups is 1. The van der Waals surface area contributed by atoms with Crippen molar-refractivity contribution in [1.82, 2.24) is 9.62 Å². The second-order valence-electron chi connectivity index (χ2n) is 5.23. The first-order chi connectivity index (χ1) is 10.5. The van der Waals surface area contributed by atoms with Crippen molar-refractivity contribution in [2.45, 2.75) is 17.9 Å². The van der Waals surface area contributed by atoms with Gasteiger partial charge in [-0.25, -0.2) is 17.5 Å². The van der Waals surface area contributed by atoms with Crippen LogP contribution in [0.15, 0.2) is 59.5 Å². The van der Waals surface area contributed by atoms with Crippen molar-refractivity contribution in [3.05, 3.63) is 65.7 Å². The quantitative estimate of drug-likeness (QED) is 0.946. The number of aryl methyl sites for hydroxylation is 1. The van der Waals surface area contributed by atoms with Gasteiger partial charge in [0.1, 0.15) is 0 Å². The standard InChI is InChI=1S/C16H16N2O3S/c1-12-7-9-14(10-8-12)22(20,21)18-15(11-17-16(18)19)13-5-3-2-4-6-13/h2-10,15H,11H2,1H3,(H,17,19). The van der Waals surface area contributed by atoms with Gasteiger partial charge in [-0.3, -0.25) is 0 Å². The second-order valence-corrected chi connectivity index (χ2v) is 7.04. The summed E-state index contributed by atoms with van der Waals surface area (Å²) in [6, 6.07) is 14.5. The number of amides is 2. The van der Waals surface area contributed by atoms with Gasteiger partial charge in [0.25, 0.3) is 10.0 Å². The average Bonchev–Trinajstić information content (AvgIpc) is 2.91. The van der Waals surface area contributed by atoms with E-state index in [9.17, 15) is 13.2 Å². The third kappa shape index (κ3) is 2.46. The number of nitrogens with zero attached hydrogens (tertiary/aromatic N) is 1. The summed E-state index contributed by atoms with van der Waals surface area (Å²) in [5.74, 6) is 0. The van der Waals surface area contributed by atoms with Gasteiger partial charge in [-0.1, -0.05) is 48.0 Å². The molecule has 1 N–H and O–H groups in total. The van der Waals surface area contributed by atoms with Gasteiger partial charge in [0.05, 0.1) is 10.9 Å². The molecule has 114 valence electrons. The van der Waals surface area contributed by atoms with Crippen LogP contribution in [-0.4, -0.2) is 25.3 Å². The van der Waals surface area contributed by atoms with Crippen LogP contribution in [0.1, 0.15) is 17.2 Å². The zero-order chi connectivity index (χ0) is 15.7. The fourth-order valence-corrected chi connectivity index (χ4v) is 4.04. The molecule has 0 spiro atoms. The number of hydrogen-bond donors (Lipinski definition) is 1. The van der Waals surface area contributed by atoms with Crippen LogP contribution in [0.5, 0.6) is 0 Å². The Morgan fingerprint density at radius 1 is 1.05 bits per heavy atom. The maximum Gasteiger partial charge on any atom is 0.332 e. The van der Waals surface area contributed by atoms with Gasteiger partial charge in [-0.05, 0) is 24.6 Å². The van der Waals surface area contributed by atoms with Crippen molar-refractivity contribution >= 4 is 16.1 Å². The Kier molecular flexibility index (Phi) is 3.62. The summed E-state index contributed by atoms with van der Waals surface area (Å²) in [6.07, 6.45) is 0. The Morgan fingerprint density at radius 3 is 2.32 bits per heavy atom. The Hall–Kier alpha value is -2.34. The van der Waals surface area contributed by atoms with Gasteiger partial charge < -0.3 is 5.32 Å².